The maximum Gasteiger partial charge on any atom is 0.0812 e. The zero-order valence-corrected chi connectivity index (χ0v) is 12.2. The third kappa shape index (κ3) is 2.09. The van der Waals surface area contributed by atoms with Gasteiger partial charge in [0.2, 0.25) is 0 Å². The molecule has 3 heteroatoms. The Morgan fingerprint density at radius 2 is 2.05 bits per heavy atom. The number of hydrogen-bond acceptors (Lipinski definition) is 3. The van der Waals surface area contributed by atoms with Crippen molar-refractivity contribution >= 4 is 21.6 Å². The van der Waals surface area contributed by atoms with E-state index in [0.29, 0.717) is 0 Å². The maximum absolute atomic E-state index is 4.36. The molecular formula is C16H20N2S. The van der Waals surface area contributed by atoms with E-state index in [0.717, 1.165) is 30.1 Å². The minimum atomic E-state index is 0.839. The van der Waals surface area contributed by atoms with E-state index in [9.17, 15) is 0 Å². The molecule has 2 bridgehead atoms. The number of hydrogen-bond donors (Lipinski definition) is 0. The largest absolute Gasteiger partial charge is 0.293 e. The van der Waals surface area contributed by atoms with Gasteiger partial charge in [0.1, 0.15) is 0 Å². The second-order valence-corrected chi connectivity index (χ2v) is 7.17. The Hall–Kier alpha value is -0.930. The van der Waals surface area contributed by atoms with Crippen molar-refractivity contribution in [1.82, 2.24) is 9.88 Å². The highest BCUT2D eigenvalue weighted by Gasteiger charge is 2.38. The SMILES string of the molecule is CC1CC2CCC(C1)N2Cc1ccc2ncsc2c1. The summed E-state index contributed by atoms with van der Waals surface area (Å²) >= 11 is 1.75. The van der Waals surface area contributed by atoms with E-state index in [1.54, 1.807) is 11.3 Å². The fourth-order valence-electron chi connectivity index (χ4n) is 4.01. The fourth-order valence-corrected chi connectivity index (χ4v) is 4.75. The molecular weight excluding hydrogens is 252 g/mol. The molecule has 0 aliphatic carbocycles. The molecule has 2 atom stereocenters. The number of fused-ring (bicyclic) bond motifs is 3. The fraction of sp³-hybridized carbons (Fsp3) is 0.562. The first-order chi connectivity index (χ1) is 9.29. The van der Waals surface area contributed by atoms with Crippen LogP contribution in [0, 0.1) is 5.92 Å². The second-order valence-electron chi connectivity index (χ2n) is 6.29. The van der Waals surface area contributed by atoms with Crippen LogP contribution in [0.15, 0.2) is 23.7 Å². The van der Waals surface area contributed by atoms with Gasteiger partial charge < -0.3 is 0 Å². The van der Waals surface area contributed by atoms with Gasteiger partial charge in [0.25, 0.3) is 0 Å². The lowest BCUT2D eigenvalue weighted by Crippen LogP contribution is -2.41. The van der Waals surface area contributed by atoms with Crippen LogP contribution in [0.2, 0.25) is 0 Å². The van der Waals surface area contributed by atoms with Gasteiger partial charge in [0.05, 0.1) is 15.7 Å². The van der Waals surface area contributed by atoms with E-state index in [1.165, 1.54) is 35.9 Å². The van der Waals surface area contributed by atoms with E-state index < -0.39 is 0 Å². The predicted octanol–water partition coefficient (Wildman–Crippen LogP) is 4.06. The third-order valence-corrected chi connectivity index (χ3v) is 5.67. The first-order valence-corrected chi connectivity index (χ1v) is 8.25. The highest BCUT2D eigenvalue weighted by atomic mass is 32.1. The van der Waals surface area contributed by atoms with E-state index >= 15 is 0 Å². The van der Waals surface area contributed by atoms with E-state index in [1.807, 2.05) is 5.51 Å². The molecule has 2 aromatic rings. The van der Waals surface area contributed by atoms with Crippen LogP contribution in [0.3, 0.4) is 0 Å². The summed E-state index contributed by atoms with van der Waals surface area (Å²) in [7, 11) is 0. The molecule has 2 nitrogen and oxygen atoms in total. The minimum absolute atomic E-state index is 0.839. The van der Waals surface area contributed by atoms with E-state index in [-0.39, 0.29) is 0 Å². The van der Waals surface area contributed by atoms with Gasteiger partial charge in [0, 0.05) is 18.6 Å². The average Bonchev–Trinajstić information content (AvgIpc) is 2.94. The molecule has 2 aliphatic heterocycles. The van der Waals surface area contributed by atoms with Gasteiger partial charge in [-0.3, -0.25) is 4.90 Å². The van der Waals surface area contributed by atoms with Crippen LogP contribution in [0.5, 0.6) is 0 Å². The summed E-state index contributed by atoms with van der Waals surface area (Å²) in [6, 6.07) is 8.46. The zero-order chi connectivity index (χ0) is 12.8. The number of benzene rings is 1. The summed E-state index contributed by atoms with van der Waals surface area (Å²) in [6.07, 6.45) is 5.63. The van der Waals surface area contributed by atoms with Gasteiger partial charge in [-0.1, -0.05) is 13.0 Å². The smallest absolute Gasteiger partial charge is 0.0812 e. The van der Waals surface area contributed by atoms with Gasteiger partial charge in [-0.15, -0.1) is 11.3 Å². The lowest BCUT2D eigenvalue weighted by molar-refractivity contribution is 0.102. The molecule has 1 aromatic heterocycles. The van der Waals surface area contributed by atoms with Crippen molar-refractivity contribution in [2.75, 3.05) is 0 Å². The van der Waals surface area contributed by atoms with Crippen molar-refractivity contribution in [1.29, 1.82) is 0 Å². The molecule has 1 aromatic carbocycles. The van der Waals surface area contributed by atoms with Crippen LogP contribution in [-0.2, 0) is 6.54 Å². The highest BCUT2D eigenvalue weighted by Crippen LogP contribution is 2.39. The summed E-state index contributed by atoms with van der Waals surface area (Å²) in [4.78, 5) is 7.13. The molecule has 2 saturated heterocycles. The summed E-state index contributed by atoms with van der Waals surface area (Å²) in [6.45, 7) is 3.56. The van der Waals surface area contributed by atoms with Crippen LogP contribution in [0.25, 0.3) is 10.2 Å². The molecule has 3 heterocycles. The number of nitrogens with zero attached hydrogens (tertiary/aromatic N) is 2. The van der Waals surface area contributed by atoms with Crippen LogP contribution < -0.4 is 0 Å². The van der Waals surface area contributed by atoms with Gasteiger partial charge >= 0.3 is 0 Å². The topological polar surface area (TPSA) is 16.1 Å². The Bertz CT molecular complexity index is 577. The molecule has 2 aliphatic rings. The van der Waals surface area contributed by atoms with Gasteiger partial charge in [-0.2, -0.15) is 0 Å². The van der Waals surface area contributed by atoms with E-state index in [4.69, 9.17) is 0 Å². The third-order valence-electron chi connectivity index (χ3n) is 4.88. The highest BCUT2D eigenvalue weighted by molar-refractivity contribution is 7.16. The second kappa shape index (κ2) is 4.57. The normalized spacial score (nSPS) is 31.1. The van der Waals surface area contributed by atoms with Crippen LogP contribution in [0.4, 0.5) is 0 Å². The molecule has 0 amide bonds. The van der Waals surface area contributed by atoms with E-state index in [2.05, 4.69) is 35.0 Å². The summed E-state index contributed by atoms with van der Waals surface area (Å²) in [5.41, 5.74) is 4.55. The Balaban J connectivity index is 1.57. The molecule has 19 heavy (non-hydrogen) atoms. The zero-order valence-electron chi connectivity index (χ0n) is 11.4. The molecule has 2 unspecified atom stereocenters. The van der Waals surface area contributed by atoms with Crippen molar-refractivity contribution in [3.63, 3.8) is 0 Å². The van der Waals surface area contributed by atoms with Gasteiger partial charge in [-0.05, 0) is 49.3 Å². The number of thiazole rings is 1. The Morgan fingerprint density at radius 3 is 2.84 bits per heavy atom. The Kier molecular flexibility index (Phi) is 2.85. The Morgan fingerprint density at radius 1 is 1.26 bits per heavy atom. The number of rotatable bonds is 2. The average molecular weight is 272 g/mol. The number of aromatic nitrogens is 1. The minimum Gasteiger partial charge on any atom is -0.293 e. The molecule has 4 rings (SSSR count). The molecule has 0 N–H and O–H groups in total. The molecule has 100 valence electrons. The van der Waals surface area contributed by atoms with Gasteiger partial charge in [-0.25, -0.2) is 4.98 Å². The summed E-state index contributed by atoms with van der Waals surface area (Å²) < 4.78 is 1.33. The quantitative estimate of drug-likeness (QED) is 0.819. The van der Waals surface area contributed by atoms with Crippen LogP contribution in [-0.4, -0.2) is 22.0 Å². The predicted molar refractivity (Wildman–Crippen MR) is 80.4 cm³/mol. The Labute approximate surface area is 118 Å². The standard InChI is InChI=1S/C16H20N2S/c1-11-6-13-3-4-14(7-11)18(13)9-12-2-5-15-16(8-12)19-10-17-15/h2,5,8,10-11,13-14H,3-4,6-7,9H2,1H3. The molecule has 0 saturated carbocycles. The first-order valence-electron chi connectivity index (χ1n) is 7.37. The first kappa shape index (κ1) is 11.9. The van der Waals surface area contributed by atoms with Crippen LogP contribution in [0.1, 0.15) is 38.2 Å². The van der Waals surface area contributed by atoms with Crippen molar-refractivity contribution in [3.05, 3.63) is 29.3 Å². The lowest BCUT2D eigenvalue weighted by atomic mass is 9.92. The van der Waals surface area contributed by atoms with Crippen molar-refractivity contribution < 1.29 is 0 Å². The molecule has 0 spiro atoms. The van der Waals surface area contributed by atoms with Crippen molar-refractivity contribution in [2.45, 2.75) is 51.2 Å². The molecule has 0 radical (unpaired) electrons. The van der Waals surface area contributed by atoms with Crippen molar-refractivity contribution in [3.8, 4) is 0 Å². The summed E-state index contributed by atoms with van der Waals surface area (Å²) in [5.74, 6) is 0.928. The lowest BCUT2D eigenvalue weighted by Gasteiger charge is -2.37. The van der Waals surface area contributed by atoms with Crippen LogP contribution >= 0.6 is 11.3 Å². The number of piperidine rings is 1. The monoisotopic (exact) mass is 272 g/mol. The molecule has 2 fully saturated rings. The maximum atomic E-state index is 4.36. The summed E-state index contributed by atoms with van der Waals surface area (Å²) in [5, 5.41) is 0. The van der Waals surface area contributed by atoms with Crippen molar-refractivity contribution in [2.24, 2.45) is 5.92 Å². The van der Waals surface area contributed by atoms with Gasteiger partial charge in [0.15, 0.2) is 0 Å².